The molecule has 1 aliphatic rings. The number of furan rings is 1. The summed E-state index contributed by atoms with van der Waals surface area (Å²) >= 11 is 0. The molecule has 0 aliphatic carbocycles. The molecule has 16 heavy (non-hydrogen) atoms. The Morgan fingerprint density at radius 2 is 2.44 bits per heavy atom. The maximum atomic E-state index is 11.4. The van der Waals surface area contributed by atoms with Crippen LogP contribution in [-0.2, 0) is 11.3 Å². The molecule has 88 valence electrons. The van der Waals surface area contributed by atoms with E-state index in [1.807, 2.05) is 6.07 Å². The maximum Gasteiger partial charge on any atom is 0.315 e. The first-order chi connectivity index (χ1) is 7.84. The molecule has 1 saturated heterocycles. The molecule has 2 amide bonds. The molecule has 2 heterocycles. The monoisotopic (exact) mass is 224 g/mol. The minimum atomic E-state index is -0.164. The van der Waals surface area contributed by atoms with Crippen molar-refractivity contribution in [2.75, 3.05) is 19.8 Å². The average Bonchev–Trinajstić information content (AvgIpc) is 2.96. The van der Waals surface area contributed by atoms with Crippen molar-refractivity contribution in [2.45, 2.75) is 13.0 Å². The van der Waals surface area contributed by atoms with Crippen molar-refractivity contribution < 1.29 is 13.9 Å². The number of ether oxygens (including phenoxy) is 1. The molecule has 1 aromatic rings. The largest absolute Gasteiger partial charge is 0.467 e. The lowest BCUT2D eigenvalue weighted by molar-refractivity contribution is 0.185. The molecule has 0 aromatic carbocycles. The van der Waals surface area contributed by atoms with Gasteiger partial charge in [0.15, 0.2) is 0 Å². The highest BCUT2D eigenvalue weighted by molar-refractivity contribution is 5.73. The number of hydrogen-bond acceptors (Lipinski definition) is 3. The molecule has 2 rings (SSSR count). The summed E-state index contributed by atoms with van der Waals surface area (Å²) in [5.41, 5.74) is 0. The summed E-state index contributed by atoms with van der Waals surface area (Å²) in [5, 5.41) is 5.54. The summed E-state index contributed by atoms with van der Waals surface area (Å²) in [5.74, 6) is 1.20. The third-order valence-electron chi connectivity index (χ3n) is 2.58. The topological polar surface area (TPSA) is 63.5 Å². The van der Waals surface area contributed by atoms with E-state index in [1.54, 1.807) is 12.3 Å². The second-order valence-corrected chi connectivity index (χ2v) is 3.87. The molecule has 2 N–H and O–H groups in total. The maximum absolute atomic E-state index is 11.4. The van der Waals surface area contributed by atoms with Gasteiger partial charge in [-0.25, -0.2) is 4.79 Å². The number of rotatable bonds is 4. The van der Waals surface area contributed by atoms with Crippen LogP contribution in [0.3, 0.4) is 0 Å². The zero-order valence-electron chi connectivity index (χ0n) is 9.07. The smallest absolute Gasteiger partial charge is 0.315 e. The molecule has 1 fully saturated rings. The lowest BCUT2D eigenvalue weighted by Crippen LogP contribution is -2.37. The molecule has 0 spiro atoms. The second-order valence-electron chi connectivity index (χ2n) is 3.87. The molecule has 1 aliphatic heterocycles. The minimum Gasteiger partial charge on any atom is -0.467 e. The van der Waals surface area contributed by atoms with Crippen molar-refractivity contribution >= 4 is 6.03 Å². The Morgan fingerprint density at radius 3 is 3.12 bits per heavy atom. The van der Waals surface area contributed by atoms with Gasteiger partial charge in [-0.3, -0.25) is 0 Å². The molecule has 1 atom stereocenters. The first-order valence-electron chi connectivity index (χ1n) is 5.46. The Hall–Kier alpha value is -1.49. The van der Waals surface area contributed by atoms with Crippen LogP contribution >= 0.6 is 0 Å². The molecule has 0 bridgehead atoms. The summed E-state index contributed by atoms with van der Waals surface area (Å²) in [4.78, 5) is 11.4. The fourth-order valence-corrected chi connectivity index (χ4v) is 1.62. The highest BCUT2D eigenvalue weighted by Gasteiger charge is 2.15. The van der Waals surface area contributed by atoms with E-state index in [2.05, 4.69) is 10.6 Å². The van der Waals surface area contributed by atoms with Crippen LogP contribution in [0, 0.1) is 5.92 Å². The van der Waals surface area contributed by atoms with Crippen LogP contribution < -0.4 is 10.6 Å². The predicted molar refractivity (Wildman–Crippen MR) is 57.9 cm³/mol. The van der Waals surface area contributed by atoms with E-state index < -0.39 is 0 Å². The zero-order valence-corrected chi connectivity index (χ0v) is 9.07. The Bertz CT molecular complexity index is 318. The number of carbonyl (C=O) groups excluding carboxylic acids is 1. The van der Waals surface area contributed by atoms with Crippen molar-refractivity contribution in [3.05, 3.63) is 24.2 Å². The van der Waals surface area contributed by atoms with Gasteiger partial charge >= 0.3 is 6.03 Å². The third kappa shape index (κ3) is 3.27. The van der Waals surface area contributed by atoms with E-state index in [0.29, 0.717) is 19.0 Å². The van der Waals surface area contributed by atoms with Crippen LogP contribution in [0.5, 0.6) is 0 Å². The van der Waals surface area contributed by atoms with Gasteiger partial charge in [0, 0.05) is 19.1 Å². The van der Waals surface area contributed by atoms with E-state index in [0.717, 1.165) is 25.4 Å². The van der Waals surface area contributed by atoms with Crippen molar-refractivity contribution in [1.29, 1.82) is 0 Å². The van der Waals surface area contributed by atoms with Gasteiger partial charge in [0.1, 0.15) is 5.76 Å². The van der Waals surface area contributed by atoms with Crippen molar-refractivity contribution in [3.63, 3.8) is 0 Å². The summed E-state index contributed by atoms with van der Waals surface area (Å²) in [6, 6.07) is 3.46. The van der Waals surface area contributed by atoms with Gasteiger partial charge in [-0.15, -0.1) is 0 Å². The van der Waals surface area contributed by atoms with Gasteiger partial charge in [-0.1, -0.05) is 0 Å². The zero-order chi connectivity index (χ0) is 11.2. The molecule has 5 nitrogen and oxygen atoms in total. The number of hydrogen-bond donors (Lipinski definition) is 2. The molecule has 1 aromatic heterocycles. The molecular formula is C11H16N2O3. The summed E-state index contributed by atoms with van der Waals surface area (Å²) in [6.07, 6.45) is 2.61. The van der Waals surface area contributed by atoms with Gasteiger partial charge in [-0.05, 0) is 18.6 Å². The normalized spacial score (nSPS) is 19.6. The number of carbonyl (C=O) groups is 1. The lowest BCUT2D eigenvalue weighted by Gasteiger charge is -2.09. The summed E-state index contributed by atoms with van der Waals surface area (Å²) in [6.45, 7) is 2.64. The molecule has 0 saturated carbocycles. The molecular weight excluding hydrogens is 208 g/mol. The van der Waals surface area contributed by atoms with Crippen molar-refractivity contribution in [2.24, 2.45) is 5.92 Å². The van der Waals surface area contributed by atoms with E-state index in [-0.39, 0.29) is 6.03 Å². The highest BCUT2D eigenvalue weighted by Crippen LogP contribution is 2.10. The number of nitrogens with one attached hydrogen (secondary N) is 2. The SMILES string of the molecule is O=C(NCc1ccco1)NC[C@@H]1CCOC1. The van der Waals surface area contributed by atoms with Crippen LogP contribution in [-0.4, -0.2) is 25.8 Å². The van der Waals surface area contributed by atoms with Crippen LogP contribution in [0.15, 0.2) is 22.8 Å². The van der Waals surface area contributed by atoms with Gasteiger partial charge in [0.05, 0.1) is 19.4 Å². The Labute approximate surface area is 94.1 Å². The lowest BCUT2D eigenvalue weighted by atomic mass is 10.1. The predicted octanol–water partition coefficient (Wildman–Crippen LogP) is 1.12. The first kappa shape index (κ1) is 11.0. The minimum absolute atomic E-state index is 0.164. The Kier molecular flexibility index (Phi) is 3.82. The van der Waals surface area contributed by atoms with Crippen LogP contribution in [0.2, 0.25) is 0 Å². The van der Waals surface area contributed by atoms with E-state index >= 15 is 0 Å². The van der Waals surface area contributed by atoms with Gasteiger partial charge < -0.3 is 19.8 Å². The molecule has 5 heteroatoms. The highest BCUT2D eigenvalue weighted by atomic mass is 16.5. The standard InChI is InChI=1S/C11H16N2O3/c14-11(12-6-9-3-5-15-8-9)13-7-10-2-1-4-16-10/h1-2,4,9H,3,5-8H2,(H2,12,13,14)/t9-/m0/s1. The molecule has 0 radical (unpaired) electrons. The van der Waals surface area contributed by atoms with Crippen LogP contribution in [0.25, 0.3) is 0 Å². The fraction of sp³-hybridized carbons (Fsp3) is 0.545. The summed E-state index contributed by atoms with van der Waals surface area (Å²) in [7, 11) is 0. The number of amides is 2. The Balaban J connectivity index is 1.60. The quantitative estimate of drug-likeness (QED) is 0.805. The van der Waals surface area contributed by atoms with Crippen molar-refractivity contribution in [1.82, 2.24) is 10.6 Å². The van der Waals surface area contributed by atoms with Crippen LogP contribution in [0.1, 0.15) is 12.2 Å². The summed E-state index contributed by atoms with van der Waals surface area (Å²) < 4.78 is 10.3. The van der Waals surface area contributed by atoms with Gasteiger partial charge in [-0.2, -0.15) is 0 Å². The Morgan fingerprint density at radius 1 is 1.50 bits per heavy atom. The van der Waals surface area contributed by atoms with E-state index in [4.69, 9.17) is 9.15 Å². The third-order valence-corrected chi connectivity index (χ3v) is 2.58. The van der Waals surface area contributed by atoms with E-state index in [9.17, 15) is 4.79 Å². The van der Waals surface area contributed by atoms with Crippen LogP contribution in [0.4, 0.5) is 4.79 Å². The fourth-order valence-electron chi connectivity index (χ4n) is 1.62. The van der Waals surface area contributed by atoms with E-state index in [1.165, 1.54) is 0 Å². The average molecular weight is 224 g/mol. The van der Waals surface area contributed by atoms with Gasteiger partial charge in [0.25, 0.3) is 0 Å². The van der Waals surface area contributed by atoms with Gasteiger partial charge in [0.2, 0.25) is 0 Å². The first-order valence-corrected chi connectivity index (χ1v) is 5.46. The number of urea groups is 1. The second kappa shape index (κ2) is 5.55. The van der Waals surface area contributed by atoms with Crippen molar-refractivity contribution in [3.8, 4) is 0 Å². The molecule has 0 unspecified atom stereocenters.